The van der Waals surface area contributed by atoms with E-state index in [9.17, 15) is 14.4 Å². The number of amides is 2. The standard InChI is InChI=1S/C23H12BrCl3N2O4/c24-13-3-7-18(8-4-13)33-23(32)12-1-5-16(6-2-12)28-20-19(27)21(30)29(22(20)31)17-10-14(25)9-15(26)11-17/h1-11,28H. The topological polar surface area (TPSA) is 75.7 Å². The summed E-state index contributed by atoms with van der Waals surface area (Å²) < 4.78 is 6.19. The summed E-state index contributed by atoms with van der Waals surface area (Å²) in [7, 11) is 0. The molecular formula is C23H12BrCl3N2O4. The van der Waals surface area contributed by atoms with Gasteiger partial charge < -0.3 is 10.1 Å². The molecule has 1 aliphatic rings. The highest BCUT2D eigenvalue weighted by atomic mass is 79.9. The first-order valence-electron chi connectivity index (χ1n) is 9.32. The third kappa shape index (κ3) is 5.07. The van der Waals surface area contributed by atoms with Crippen LogP contribution < -0.4 is 15.0 Å². The molecular weight excluding hydrogens is 555 g/mol. The van der Waals surface area contributed by atoms with Crippen LogP contribution in [-0.4, -0.2) is 17.8 Å². The second kappa shape index (κ2) is 9.57. The van der Waals surface area contributed by atoms with Gasteiger partial charge in [-0.15, -0.1) is 0 Å². The van der Waals surface area contributed by atoms with Crippen LogP contribution in [0.5, 0.6) is 5.75 Å². The van der Waals surface area contributed by atoms with Gasteiger partial charge in [0.25, 0.3) is 11.8 Å². The van der Waals surface area contributed by atoms with E-state index in [2.05, 4.69) is 21.2 Å². The van der Waals surface area contributed by atoms with Crippen LogP contribution in [-0.2, 0) is 9.59 Å². The van der Waals surface area contributed by atoms with Gasteiger partial charge in [-0.2, -0.15) is 0 Å². The molecule has 3 aromatic carbocycles. The third-order valence-electron chi connectivity index (χ3n) is 4.55. The highest BCUT2D eigenvalue weighted by Gasteiger charge is 2.39. The molecule has 1 aliphatic heterocycles. The largest absolute Gasteiger partial charge is 0.423 e. The van der Waals surface area contributed by atoms with E-state index in [1.807, 2.05) is 0 Å². The Balaban J connectivity index is 1.49. The number of carbonyl (C=O) groups excluding carboxylic acids is 3. The first kappa shape index (κ1) is 23.3. The lowest BCUT2D eigenvalue weighted by molar-refractivity contribution is -0.120. The molecule has 1 heterocycles. The van der Waals surface area contributed by atoms with E-state index in [-0.39, 0.29) is 26.5 Å². The number of anilines is 2. The number of nitrogens with zero attached hydrogens (tertiary/aromatic N) is 1. The first-order valence-corrected chi connectivity index (χ1v) is 11.2. The van der Waals surface area contributed by atoms with Crippen LogP contribution in [0.2, 0.25) is 10.0 Å². The van der Waals surface area contributed by atoms with E-state index in [4.69, 9.17) is 39.5 Å². The van der Waals surface area contributed by atoms with Gasteiger partial charge in [0.2, 0.25) is 0 Å². The molecule has 0 bridgehead atoms. The summed E-state index contributed by atoms with van der Waals surface area (Å²) >= 11 is 21.4. The molecule has 6 nitrogen and oxygen atoms in total. The molecule has 0 spiro atoms. The van der Waals surface area contributed by atoms with Crippen molar-refractivity contribution in [1.82, 2.24) is 0 Å². The third-order valence-corrected chi connectivity index (χ3v) is 5.86. The first-order chi connectivity index (χ1) is 15.7. The van der Waals surface area contributed by atoms with Gasteiger partial charge in [-0.05, 0) is 66.7 Å². The predicted molar refractivity (Wildman–Crippen MR) is 131 cm³/mol. The molecule has 0 aliphatic carbocycles. The monoisotopic (exact) mass is 564 g/mol. The average molecular weight is 567 g/mol. The van der Waals surface area contributed by atoms with E-state index in [0.717, 1.165) is 9.37 Å². The molecule has 166 valence electrons. The van der Waals surface area contributed by atoms with Gasteiger partial charge in [-0.1, -0.05) is 50.7 Å². The molecule has 0 saturated carbocycles. The highest BCUT2D eigenvalue weighted by molar-refractivity contribution is 9.10. The molecule has 0 saturated heterocycles. The van der Waals surface area contributed by atoms with Crippen molar-refractivity contribution in [3.8, 4) is 5.75 Å². The zero-order valence-electron chi connectivity index (χ0n) is 16.4. The second-order valence-electron chi connectivity index (χ2n) is 6.81. The number of benzene rings is 3. The lowest BCUT2D eigenvalue weighted by Gasteiger charge is -2.16. The molecule has 10 heteroatoms. The second-order valence-corrected chi connectivity index (χ2v) is 8.97. The fourth-order valence-corrected chi connectivity index (χ4v) is 4.01. The molecule has 3 aromatic rings. The molecule has 33 heavy (non-hydrogen) atoms. The number of esters is 1. The van der Waals surface area contributed by atoms with E-state index in [1.54, 1.807) is 36.4 Å². The van der Waals surface area contributed by atoms with E-state index < -0.39 is 17.8 Å². The minimum atomic E-state index is -0.711. The smallest absolute Gasteiger partial charge is 0.343 e. The van der Waals surface area contributed by atoms with Gasteiger partial charge in [0.15, 0.2) is 0 Å². The van der Waals surface area contributed by atoms with Crippen LogP contribution in [0.4, 0.5) is 11.4 Å². The van der Waals surface area contributed by atoms with Gasteiger partial charge in [0, 0.05) is 20.2 Å². The van der Waals surface area contributed by atoms with Gasteiger partial charge in [-0.25, -0.2) is 9.69 Å². The highest BCUT2D eigenvalue weighted by Crippen LogP contribution is 2.33. The Hall–Kier alpha value is -2.84. The zero-order valence-corrected chi connectivity index (χ0v) is 20.3. The average Bonchev–Trinajstić information content (AvgIpc) is 2.98. The number of hydrogen-bond acceptors (Lipinski definition) is 5. The Morgan fingerprint density at radius 3 is 2.06 bits per heavy atom. The van der Waals surface area contributed by atoms with Crippen LogP contribution in [0.15, 0.2) is 81.9 Å². The molecule has 0 atom stereocenters. The van der Waals surface area contributed by atoms with Gasteiger partial charge in [0.1, 0.15) is 16.5 Å². The Kier molecular flexibility index (Phi) is 6.76. The Morgan fingerprint density at radius 1 is 0.848 bits per heavy atom. The lowest BCUT2D eigenvalue weighted by Crippen LogP contribution is -2.32. The number of nitrogens with one attached hydrogen (secondary N) is 1. The van der Waals surface area contributed by atoms with Crippen molar-refractivity contribution in [2.45, 2.75) is 0 Å². The van der Waals surface area contributed by atoms with Gasteiger partial charge in [-0.3, -0.25) is 9.59 Å². The normalized spacial score (nSPS) is 13.5. The molecule has 1 N–H and O–H groups in total. The molecule has 0 fully saturated rings. The van der Waals surface area contributed by atoms with Crippen LogP contribution >= 0.6 is 50.7 Å². The van der Waals surface area contributed by atoms with Crippen LogP contribution in [0.25, 0.3) is 0 Å². The van der Waals surface area contributed by atoms with Crippen molar-refractivity contribution in [2.24, 2.45) is 0 Å². The fraction of sp³-hybridized carbons (Fsp3) is 0. The summed E-state index contributed by atoms with van der Waals surface area (Å²) in [5, 5.41) is 3.08. The summed E-state index contributed by atoms with van der Waals surface area (Å²) in [6, 6.07) is 17.3. The summed E-state index contributed by atoms with van der Waals surface area (Å²) in [5.41, 5.74) is 0.828. The predicted octanol–water partition coefficient (Wildman–Crippen LogP) is 6.41. The maximum Gasteiger partial charge on any atom is 0.343 e. The van der Waals surface area contributed by atoms with Crippen molar-refractivity contribution >= 4 is 79.9 Å². The van der Waals surface area contributed by atoms with E-state index in [1.165, 1.54) is 30.3 Å². The summed E-state index contributed by atoms with van der Waals surface area (Å²) in [4.78, 5) is 38.7. The van der Waals surface area contributed by atoms with E-state index in [0.29, 0.717) is 17.0 Å². The number of ether oxygens (including phenoxy) is 1. The molecule has 4 rings (SSSR count). The zero-order chi connectivity index (χ0) is 23.7. The van der Waals surface area contributed by atoms with Crippen molar-refractivity contribution in [1.29, 1.82) is 0 Å². The van der Waals surface area contributed by atoms with Crippen LogP contribution in [0.1, 0.15) is 10.4 Å². The summed E-state index contributed by atoms with van der Waals surface area (Å²) in [6.45, 7) is 0. The number of rotatable bonds is 5. The minimum absolute atomic E-state index is 0.108. The van der Waals surface area contributed by atoms with Crippen LogP contribution in [0, 0.1) is 0 Å². The minimum Gasteiger partial charge on any atom is -0.423 e. The summed E-state index contributed by atoms with van der Waals surface area (Å²) in [5.74, 6) is -1.52. The number of imide groups is 1. The molecule has 0 unspecified atom stereocenters. The van der Waals surface area contributed by atoms with Crippen LogP contribution in [0.3, 0.4) is 0 Å². The lowest BCUT2D eigenvalue weighted by atomic mass is 10.2. The van der Waals surface area contributed by atoms with Crippen molar-refractivity contribution < 1.29 is 19.1 Å². The van der Waals surface area contributed by atoms with Crippen molar-refractivity contribution in [3.05, 3.63) is 97.5 Å². The Labute approximate surface area is 211 Å². The molecule has 0 aromatic heterocycles. The van der Waals surface area contributed by atoms with Crippen molar-refractivity contribution in [2.75, 3.05) is 10.2 Å². The quantitative estimate of drug-likeness (QED) is 0.219. The number of halogens is 4. The maximum atomic E-state index is 12.9. The Bertz CT molecular complexity index is 1290. The number of hydrogen-bond donors (Lipinski definition) is 1. The van der Waals surface area contributed by atoms with Gasteiger partial charge in [0.05, 0.1) is 11.3 Å². The maximum absolute atomic E-state index is 12.9. The Morgan fingerprint density at radius 2 is 1.45 bits per heavy atom. The van der Waals surface area contributed by atoms with E-state index >= 15 is 0 Å². The summed E-state index contributed by atoms with van der Waals surface area (Å²) in [6.07, 6.45) is 0. The number of carbonyl (C=O) groups is 3. The van der Waals surface area contributed by atoms with Crippen molar-refractivity contribution in [3.63, 3.8) is 0 Å². The molecule has 2 amide bonds. The van der Waals surface area contributed by atoms with Gasteiger partial charge >= 0.3 is 5.97 Å². The SMILES string of the molecule is O=C(Oc1ccc(Br)cc1)c1ccc(NC2=C(Cl)C(=O)N(c3cc(Cl)cc(Cl)c3)C2=O)cc1. The fourth-order valence-electron chi connectivity index (χ4n) is 3.02. The molecule has 0 radical (unpaired) electrons.